The van der Waals surface area contributed by atoms with E-state index in [1.165, 1.54) is 12.1 Å². The highest BCUT2D eigenvalue weighted by molar-refractivity contribution is 6.30. The summed E-state index contributed by atoms with van der Waals surface area (Å²) in [7, 11) is 0. The largest absolute Gasteiger partial charge is 0.573 e. The Balaban J connectivity index is 1.27. The summed E-state index contributed by atoms with van der Waals surface area (Å²) in [5.41, 5.74) is 0.227. The molecule has 2 heterocycles. The number of piperazine rings is 1. The van der Waals surface area contributed by atoms with E-state index in [0.717, 1.165) is 42.4 Å². The van der Waals surface area contributed by atoms with Gasteiger partial charge in [0.15, 0.2) is 0 Å². The van der Waals surface area contributed by atoms with Crippen LogP contribution >= 0.6 is 11.6 Å². The Morgan fingerprint density at radius 3 is 2.15 bits per heavy atom. The Labute approximate surface area is 199 Å². The molecule has 11 heteroatoms. The third-order valence-corrected chi connectivity index (χ3v) is 6.04. The maximum atomic E-state index is 13.0. The maximum absolute atomic E-state index is 13.0. The topological polar surface area (TPSA) is 62.3 Å². The van der Waals surface area contributed by atoms with Crippen LogP contribution in [0.4, 0.5) is 18.9 Å². The van der Waals surface area contributed by atoms with Gasteiger partial charge in [0, 0.05) is 37.7 Å². The molecule has 0 spiro atoms. The van der Waals surface area contributed by atoms with Crippen LogP contribution in [0.15, 0.2) is 48.5 Å². The Morgan fingerprint density at radius 1 is 0.912 bits per heavy atom. The number of anilines is 1. The first-order chi connectivity index (χ1) is 16.2. The molecule has 0 bridgehead atoms. The lowest BCUT2D eigenvalue weighted by atomic mass is 10.1. The van der Waals surface area contributed by atoms with Crippen LogP contribution in [0.5, 0.6) is 11.5 Å². The molecule has 2 aromatic rings. The fraction of sp³-hybridized carbons (Fsp3) is 0.391. The third kappa shape index (κ3) is 5.99. The maximum Gasteiger partial charge on any atom is 0.573 e. The normalized spacial score (nSPS) is 20.1. The van der Waals surface area contributed by atoms with E-state index >= 15 is 0 Å². The molecular weight excluding hydrogens is 475 g/mol. The summed E-state index contributed by atoms with van der Waals surface area (Å²) in [6, 6.07) is 11.3. The van der Waals surface area contributed by atoms with E-state index in [1.54, 1.807) is 12.1 Å². The molecule has 0 unspecified atom stereocenters. The number of ether oxygens (including phenoxy) is 2. The van der Waals surface area contributed by atoms with Gasteiger partial charge in [-0.25, -0.2) is 4.90 Å². The van der Waals surface area contributed by atoms with Crippen LogP contribution in [-0.4, -0.2) is 73.3 Å². The molecule has 2 fully saturated rings. The van der Waals surface area contributed by atoms with Gasteiger partial charge in [0.25, 0.3) is 5.91 Å². The summed E-state index contributed by atoms with van der Waals surface area (Å²) in [4.78, 5) is 30.8. The van der Waals surface area contributed by atoms with E-state index in [2.05, 4.69) is 9.64 Å². The molecule has 0 aromatic heterocycles. The Kier molecular flexibility index (Phi) is 7.30. The van der Waals surface area contributed by atoms with Gasteiger partial charge >= 0.3 is 6.36 Å². The zero-order valence-electron chi connectivity index (χ0n) is 18.1. The first-order valence-corrected chi connectivity index (χ1v) is 11.1. The SMILES string of the molecule is O=C1C[C@H](N2CCN(CCOc3ccc(Cl)cc3)CC2)C(=O)N1c1ccc(OC(F)(F)F)cc1. The van der Waals surface area contributed by atoms with Crippen molar-refractivity contribution in [1.29, 1.82) is 0 Å². The fourth-order valence-corrected chi connectivity index (χ4v) is 4.22. The number of carbonyl (C=O) groups excluding carboxylic acids is 2. The lowest BCUT2D eigenvalue weighted by molar-refractivity contribution is -0.274. The molecule has 4 rings (SSSR count). The van der Waals surface area contributed by atoms with E-state index < -0.39 is 18.2 Å². The molecule has 0 radical (unpaired) electrons. The number of halogens is 4. The van der Waals surface area contributed by atoms with Crippen molar-refractivity contribution in [1.82, 2.24) is 9.80 Å². The van der Waals surface area contributed by atoms with Crippen LogP contribution in [0, 0.1) is 0 Å². The minimum Gasteiger partial charge on any atom is -0.492 e. The van der Waals surface area contributed by atoms with Crippen molar-refractivity contribution in [3.63, 3.8) is 0 Å². The number of imide groups is 1. The molecule has 0 aliphatic carbocycles. The molecular formula is C23H23ClF3N3O4. The average molecular weight is 498 g/mol. The number of carbonyl (C=O) groups is 2. The van der Waals surface area contributed by atoms with Crippen molar-refractivity contribution in [2.24, 2.45) is 0 Å². The minimum atomic E-state index is -4.81. The van der Waals surface area contributed by atoms with Crippen molar-refractivity contribution in [2.75, 3.05) is 44.2 Å². The second-order valence-electron chi connectivity index (χ2n) is 8.01. The van der Waals surface area contributed by atoms with Gasteiger partial charge in [-0.1, -0.05) is 11.6 Å². The average Bonchev–Trinajstić information content (AvgIpc) is 3.09. The predicted molar refractivity (Wildman–Crippen MR) is 119 cm³/mol. The van der Waals surface area contributed by atoms with Crippen molar-refractivity contribution < 1.29 is 32.2 Å². The van der Waals surface area contributed by atoms with Crippen molar-refractivity contribution in [3.05, 3.63) is 53.6 Å². The van der Waals surface area contributed by atoms with Gasteiger partial charge < -0.3 is 9.47 Å². The molecule has 7 nitrogen and oxygen atoms in total. The van der Waals surface area contributed by atoms with E-state index in [1.807, 2.05) is 17.0 Å². The standard InChI is InChI=1S/C23H23ClF3N3O4/c24-16-1-5-18(6-2-16)33-14-13-28-9-11-29(12-10-28)20-15-21(31)30(22(20)32)17-3-7-19(8-4-17)34-23(25,26)27/h1-8,20H,9-15H2/t20-/m0/s1. The van der Waals surface area contributed by atoms with E-state index in [9.17, 15) is 22.8 Å². The number of alkyl halides is 3. The molecule has 2 aromatic carbocycles. The van der Waals surface area contributed by atoms with Gasteiger partial charge in [0.1, 0.15) is 18.1 Å². The van der Waals surface area contributed by atoms with Crippen molar-refractivity contribution in [2.45, 2.75) is 18.8 Å². The van der Waals surface area contributed by atoms with Crippen molar-refractivity contribution >= 4 is 29.1 Å². The van der Waals surface area contributed by atoms with E-state index in [-0.39, 0.29) is 23.9 Å². The number of rotatable bonds is 7. The molecule has 2 aliphatic rings. The van der Waals surface area contributed by atoms with E-state index in [0.29, 0.717) is 24.7 Å². The van der Waals surface area contributed by atoms with Gasteiger partial charge in [0.05, 0.1) is 18.2 Å². The zero-order valence-corrected chi connectivity index (χ0v) is 18.9. The van der Waals surface area contributed by atoms with E-state index in [4.69, 9.17) is 16.3 Å². The smallest absolute Gasteiger partial charge is 0.492 e. The van der Waals surface area contributed by atoms with Gasteiger partial charge in [-0.15, -0.1) is 13.2 Å². The number of amides is 2. The molecule has 182 valence electrons. The third-order valence-electron chi connectivity index (χ3n) is 5.79. The van der Waals surface area contributed by atoms with Crippen LogP contribution in [-0.2, 0) is 9.59 Å². The summed E-state index contributed by atoms with van der Waals surface area (Å²) in [6.07, 6.45) is -4.77. The molecule has 1 atom stereocenters. The summed E-state index contributed by atoms with van der Waals surface area (Å²) >= 11 is 5.87. The van der Waals surface area contributed by atoms with Gasteiger partial charge in [-0.05, 0) is 48.5 Å². The molecule has 34 heavy (non-hydrogen) atoms. The minimum absolute atomic E-state index is 0.0410. The predicted octanol–water partition coefficient (Wildman–Crippen LogP) is 3.57. The zero-order chi connectivity index (χ0) is 24.3. The highest BCUT2D eigenvalue weighted by atomic mass is 35.5. The number of hydrogen-bond acceptors (Lipinski definition) is 6. The second-order valence-corrected chi connectivity index (χ2v) is 8.45. The quantitative estimate of drug-likeness (QED) is 0.545. The number of hydrogen-bond donors (Lipinski definition) is 0. The number of nitrogens with zero attached hydrogens (tertiary/aromatic N) is 3. The molecule has 2 amide bonds. The molecule has 0 saturated carbocycles. The lowest BCUT2D eigenvalue weighted by Crippen LogP contribution is -2.53. The fourth-order valence-electron chi connectivity index (χ4n) is 4.09. The summed E-state index contributed by atoms with van der Waals surface area (Å²) in [6.45, 7) is 3.95. The highest BCUT2D eigenvalue weighted by Gasteiger charge is 2.43. The van der Waals surface area contributed by atoms with Crippen LogP contribution in [0.3, 0.4) is 0 Å². The van der Waals surface area contributed by atoms with Crippen molar-refractivity contribution in [3.8, 4) is 11.5 Å². The summed E-state index contributed by atoms with van der Waals surface area (Å²) in [5.74, 6) is -0.411. The summed E-state index contributed by atoms with van der Waals surface area (Å²) in [5, 5.41) is 0.648. The first-order valence-electron chi connectivity index (χ1n) is 10.8. The van der Waals surface area contributed by atoms with Crippen LogP contribution in [0.25, 0.3) is 0 Å². The monoisotopic (exact) mass is 497 g/mol. The van der Waals surface area contributed by atoms with Gasteiger partial charge in [-0.3, -0.25) is 19.4 Å². The highest BCUT2D eigenvalue weighted by Crippen LogP contribution is 2.29. The Bertz CT molecular complexity index is 1010. The lowest BCUT2D eigenvalue weighted by Gasteiger charge is -2.36. The van der Waals surface area contributed by atoms with Gasteiger partial charge in [0.2, 0.25) is 5.91 Å². The summed E-state index contributed by atoms with van der Waals surface area (Å²) < 4.78 is 46.6. The van der Waals surface area contributed by atoms with Gasteiger partial charge in [-0.2, -0.15) is 0 Å². The molecule has 2 aliphatic heterocycles. The van der Waals surface area contributed by atoms with Crippen LogP contribution in [0.1, 0.15) is 6.42 Å². The molecule has 0 N–H and O–H groups in total. The Morgan fingerprint density at radius 2 is 1.53 bits per heavy atom. The Hall–Kier alpha value is -2.82. The molecule has 2 saturated heterocycles. The first kappa shape index (κ1) is 24.3. The van der Waals surface area contributed by atoms with Crippen LogP contribution < -0.4 is 14.4 Å². The second kappa shape index (κ2) is 10.2. The van der Waals surface area contributed by atoms with Crippen LogP contribution in [0.2, 0.25) is 5.02 Å². The number of benzene rings is 2.